The van der Waals surface area contributed by atoms with Gasteiger partial charge in [-0.25, -0.2) is 4.39 Å². The average Bonchev–Trinajstić information content (AvgIpc) is 2.77. The minimum Gasteiger partial charge on any atom is -0.368 e. The van der Waals surface area contributed by atoms with Crippen LogP contribution in [0.4, 0.5) is 4.39 Å². The molecule has 0 N–H and O–H groups in total. The van der Waals surface area contributed by atoms with Gasteiger partial charge < -0.3 is 4.74 Å². The SMILES string of the molecule is Cc1ccc([C@H]2CO2)cc1F. The van der Waals surface area contributed by atoms with Crippen molar-refractivity contribution >= 4 is 0 Å². The van der Waals surface area contributed by atoms with Crippen molar-refractivity contribution in [2.75, 3.05) is 6.61 Å². The van der Waals surface area contributed by atoms with Gasteiger partial charge in [0.2, 0.25) is 0 Å². The molecule has 1 aromatic rings. The largest absolute Gasteiger partial charge is 0.368 e. The third-order valence-corrected chi connectivity index (χ3v) is 1.90. The van der Waals surface area contributed by atoms with E-state index in [-0.39, 0.29) is 11.9 Å². The van der Waals surface area contributed by atoms with E-state index in [9.17, 15) is 4.39 Å². The molecule has 58 valence electrons. The Kier molecular flexibility index (Phi) is 1.43. The van der Waals surface area contributed by atoms with Gasteiger partial charge in [-0.15, -0.1) is 0 Å². The number of ether oxygens (including phenoxy) is 1. The molecule has 0 spiro atoms. The summed E-state index contributed by atoms with van der Waals surface area (Å²) >= 11 is 0. The molecule has 1 aliphatic rings. The standard InChI is InChI=1S/C9H9FO/c1-6-2-3-7(4-8(6)10)9-5-11-9/h2-4,9H,5H2,1H3/t9-/m1/s1. The van der Waals surface area contributed by atoms with E-state index in [1.54, 1.807) is 19.1 Å². The van der Waals surface area contributed by atoms with Gasteiger partial charge in [-0.05, 0) is 24.1 Å². The van der Waals surface area contributed by atoms with Crippen LogP contribution < -0.4 is 0 Å². The highest BCUT2D eigenvalue weighted by atomic mass is 19.1. The lowest BCUT2D eigenvalue weighted by Crippen LogP contribution is -1.86. The molecule has 0 aromatic heterocycles. The predicted molar refractivity (Wildman–Crippen MR) is 39.8 cm³/mol. The highest BCUT2D eigenvalue weighted by molar-refractivity contribution is 5.26. The quantitative estimate of drug-likeness (QED) is 0.562. The van der Waals surface area contributed by atoms with Crippen LogP contribution in [0, 0.1) is 12.7 Å². The van der Waals surface area contributed by atoms with Crippen LogP contribution >= 0.6 is 0 Å². The van der Waals surface area contributed by atoms with Gasteiger partial charge >= 0.3 is 0 Å². The summed E-state index contributed by atoms with van der Waals surface area (Å²) in [7, 11) is 0. The summed E-state index contributed by atoms with van der Waals surface area (Å²) in [6.07, 6.45) is 0.157. The summed E-state index contributed by atoms with van der Waals surface area (Å²) in [6, 6.07) is 5.25. The molecule has 1 saturated heterocycles. The maximum Gasteiger partial charge on any atom is 0.126 e. The molecule has 0 aliphatic carbocycles. The molecule has 0 unspecified atom stereocenters. The monoisotopic (exact) mass is 152 g/mol. The van der Waals surface area contributed by atoms with Crippen molar-refractivity contribution in [3.05, 3.63) is 35.1 Å². The van der Waals surface area contributed by atoms with Gasteiger partial charge in [0, 0.05) is 0 Å². The van der Waals surface area contributed by atoms with Crippen LogP contribution in [-0.2, 0) is 4.74 Å². The lowest BCUT2D eigenvalue weighted by molar-refractivity contribution is 0.414. The summed E-state index contributed by atoms with van der Waals surface area (Å²) < 4.78 is 17.9. The van der Waals surface area contributed by atoms with E-state index < -0.39 is 0 Å². The molecular formula is C9H9FO. The fraction of sp³-hybridized carbons (Fsp3) is 0.333. The Balaban J connectivity index is 2.36. The Morgan fingerprint density at radius 2 is 2.27 bits per heavy atom. The molecule has 2 rings (SSSR count). The van der Waals surface area contributed by atoms with Gasteiger partial charge in [-0.3, -0.25) is 0 Å². The summed E-state index contributed by atoms with van der Waals surface area (Å²) in [5.74, 6) is -0.141. The molecule has 1 nitrogen and oxygen atoms in total. The first-order chi connectivity index (χ1) is 5.27. The van der Waals surface area contributed by atoms with Crippen LogP contribution in [0.3, 0.4) is 0 Å². The Bertz CT molecular complexity index is 279. The third kappa shape index (κ3) is 1.26. The van der Waals surface area contributed by atoms with Crippen LogP contribution in [-0.4, -0.2) is 6.61 Å². The van der Waals surface area contributed by atoms with Gasteiger partial charge in [0.1, 0.15) is 11.9 Å². The Morgan fingerprint density at radius 1 is 1.55 bits per heavy atom. The Hall–Kier alpha value is -0.890. The third-order valence-electron chi connectivity index (χ3n) is 1.90. The number of benzene rings is 1. The highest BCUT2D eigenvalue weighted by Gasteiger charge is 2.24. The molecule has 1 aromatic carbocycles. The number of hydrogen-bond donors (Lipinski definition) is 0. The number of halogens is 1. The normalized spacial score (nSPS) is 21.8. The van der Waals surface area contributed by atoms with E-state index in [2.05, 4.69) is 0 Å². The van der Waals surface area contributed by atoms with Crippen molar-refractivity contribution in [1.82, 2.24) is 0 Å². The molecule has 0 saturated carbocycles. The lowest BCUT2D eigenvalue weighted by atomic mass is 10.1. The number of aryl methyl sites for hydroxylation is 1. The summed E-state index contributed by atoms with van der Waals surface area (Å²) in [4.78, 5) is 0. The van der Waals surface area contributed by atoms with Crippen molar-refractivity contribution in [2.45, 2.75) is 13.0 Å². The number of hydrogen-bond acceptors (Lipinski definition) is 1. The van der Waals surface area contributed by atoms with Gasteiger partial charge in [0.05, 0.1) is 6.61 Å². The Morgan fingerprint density at radius 3 is 2.82 bits per heavy atom. The second-order valence-electron chi connectivity index (χ2n) is 2.83. The number of rotatable bonds is 1. The van der Waals surface area contributed by atoms with E-state index in [0.717, 1.165) is 12.2 Å². The van der Waals surface area contributed by atoms with Gasteiger partial charge in [-0.1, -0.05) is 12.1 Å². The molecular weight excluding hydrogens is 143 g/mol. The van der Waals surface area contributed by atoms with Crippen LogP contribution in [0.1, 0.15) is 17.2 Å². The topological polar surface area (TPSA) is 12.5 Å². The Labute approximate surface area is 64.8 Å². The van der Waals surface area contributed by atoms with E-state index in [4.69, 9.17) is 4.74 Å². The maximum atomic E-state index is 12.9. The van der Waals surface area contributed by atoms with Crippen LogP contribution in [0.25, 0.3) is 0 Å². The first-order valence-corrected chi connectivity index (χ1v) is 3.65. The van der Waals surface area contributed by atoms with Gasteiger partial charge in [0.25, 0.3) is 0 Å². The second-order valence-corrected chi connectivity index (χ2v) is 2.83. The molecule has 0 amide bonds. The maximum absolute atomic E-state index is 12.9. The fourth-order valence-electron chi connectivity index (χ4n) is 1.05. The molecule has 1 fully saturated rings. The van der Waals surface area contributed by atoms with Crippen molar-refractivity contribution in [3.63, 3.8) is 0 Å². The first kappa shape index (κ1) is 6.80. The summed E-state index contributed by atoms with van der Waals surface area (Å²) in [5.41, 5.74) is 1.64. The van der Waals surface area contributed by atoms with Crippen LogP contribution in [0.2, 0.25) is 0 Å². The van der Waals surface area contributed by atoms with E-state index in [1.165, 1.54) is 0 Å². The van der Waals surface area contributed by atoms with E-state index in [1.807, 2.05) is 6.07 Å². The zero-order valence-corrected chi connectivity index (χ0v) is 6.30. The fourth-order valence-corrected chi connectivity index (χ4v) is 1.05. The molecule has 0 radical (unpaired) electrons. The van der Waals surface area contributed by atoms with Crippen molar-refractivity contribution in [3.8, 4) is 0 Å². The molecule has 11 heavy (non-hydrogen) atoms. The highest BCUT2D eigenvalue weighted by Crippen LogP contribution is 2.30. The summed E-state index contributed by atoms with van der Waals surface area (Å²) in [5, 5.41) is 0. The zero-order valence-electron chi connectivity index (χ0n) is 6.30. The van der Waals surface area contributed by atoms with Crippen molar-refractivity contribution in [1.29, 1.82) is 0 Å². The molecule has 1 atom stereocenters. The predicted octanol–water partition coefficient (Wildman–Crippen LogP) is 2.21. The van der Waals surface area contributed by atoms with Gasteiger partial charge in [-0.2, -0.15) is 0 Å². The van der Waals surface area contributed by atoms with E-state index in [0.29, 0.717) is 5.56 Å². The molecule has 0 bridgehead atoms. The zero-order chi connectivity index (χ0) is 7.84. The average molecular weight is 152 g/mol. The van der Waals surface area contributed by atoms with Crippen molar-refractivity contribution < 1.29 is 9.13 Å². The van der Waals surface area contributed by atoms with Crippen molar-refractivity contribution in [2.24, 2.45) is 0 Å². The molecule has 1 aliphatic heterocycles. The molecule has 2 heteroatoms. The smallest absolute Gasteiger partial charge is 0.126 e. The first-order valence-electron chi connectivity index (χ1n) is 3.65. The number of epoxide rings is 1. The van der Waals surface area contributed by atoms with Gasteiger partial charge in [0.15, 0.2) is 0 Å². The minimum atomic E-state index is -0.141. The van der Waals surface area contributed by atoms with E-state index >= 15 is 0 Å². The summed E-state index contributed by atoms with van der Waals surface area (Å²) in [6.45, 7) is 2.50. The van der Waals surface area contributed by atoms with Crippen LogP contribution in [0.5, 0.6) is 0 Å². The minimum absolute atomic E-state index is 0.141. The molecule has 1 heterocycles. The second kappa shape index (κ2) is 2.31. The lowest BCUT2D eigenvalue weighted by Gasteiger charge is -1.98. The van der Waals surface area contributed by atoms with Crippen LogP contribution in [0.15, 0.2) is 18.2 Å².